The number of rotatable bonds is 3. The molecule has 1 aromatic carbocycles. The van der Waals surface area contributed by atoms with E-state index in [1.807, 2.05) is 24.3 Å². The molecule has 1 amide bonds. The minimum Gasteiger partial charge on any atom is -0.492 e. The third-order valence-electron chi connectivity index (χ3n) is 4.67. The number of hydrogen-bond acceptors (Lipinski definition) is 3. The second kappa shape index (κ2) is 6.38. The summed E-state index contributed by atoms with van der Waals surface area (Å²) >= 11 is 0. The molecular weight excluding hydrogens is 282 g/mol. The number of ether oxygens (including phenoxy) is 1. The summed E-state index contributed by atoms with van der Waals surface area (Å²) in [6.45, 7) is 0.410. The first-order valence-corrected chi connectivity index (χ1v) is 7.87. The minimum atomic E-state index is -0.720. The number of carboxylic acids is 1. The van der Waals surface area contributed by atoms with Crippen LogP contribution in [0.5, 0.6) is 5.75 Å². The molecule has 1 heterocycles. The first-order valence-electron chi connectivity index (χ1n) is 7.87. The number of nitrogens with one attached hydrogen (secondary N) is 1. The quantitative estimate of drug-likeness (QED) is 0.895. The van der Waals surface area contributed by atoms with Crippen LogP contribution in [0.1, 0.15) is 31.2 Å². The van der Waals surface area contributed by atoms with E-state index < -0.39 is 5.97 Å². The highest BCUT2D eigenvalue weighted by atomic mass is 16.5. The van der Waals surface area contributed by atoms with Gasteiger partial charge in [0.1, 0.15) is 12.4 Å². The Morgan fingerprint density at radius 2 is 1.82 bits per heavy atom. The van der Waals surface area contributed by atoms with Gasteiger partial charge in [0.2, 0.25) is 5.91 Å². The monoisotopic (exact) mass is 303 g/mol. The number of aliphatic carboxylic acids is 1. The van der Waals surface area contributed by atoms with Crippen molar-refractivity contribution in [2.24, 2.45) is 11.8 Å². The van der Waals surface area contributed by atoms with Crippen LogP contribution in [-0.2, 0) is 16.0 Å². The van der Waals surface area contributed by atoms with Crippen LogP contribution in [0.3, 0.4) is 0 Å². The predicted octanol–water partition coefficient (Wildman–Crippen LogP) is 2.00. The molecule has 0 saturated heterocycles. The van der Waals surface area contributed by atoms with E-state index in [9.17, 15) is 9.59 Å². The maximum Gasteiger partial charge on any atom is 0.306 e. The third-order valence-corrected chi connectivity index (χ3v) is 4.67. The van der Waals surface area contributed by atoms with Gasteiger partial charge >= 0.3 is 5.97 Å². The molecule has 1 aliphatic heterocycles. The Balaban J connectivity index is 1.52. The number of carbonyl (C=O) groups is 2. The smallest absolute Gasteiger partial charge is 0.306 e. The zero-order valence-electron chi connectivity index (χ0n) is 12.5. The molecule has 0 bridgehead atoms. The largest absolute Gasteiger partial charge is 0.492 e. The van der Waals surface area contributed by atoms with E-state index in [-0.39, 0.29) is 23.8 Å². The first-order chi connectivity index (χ1) is 10.6. The van der Waals surface area contributed by atoms with Crippen molar-refractivity contribution < 1.29 is 19.4 Å². The van der Waals surface area contributed by atoms with Gasteiger partial charge in [0.05, 0.1) is 11.8 Å². The van der Waals surface area contributed by atoms with E-state index in [4.69, 9.17) is 9.84 Å². The van der Waals surface area contributed by atoms with E-state index in [1.54, 1.807) is 0 Å². The van der Waals surface area contributed by atoms with Crippen LogP contribution in [0, 0.1) is 11.8 Å². The highest BCUT2D eigenvalue weighted by Gasteiger charge is 2.30. The molecule has 2 aliphatic rings. The summed E-state index contributed by atoms with van der Waals surface area (Å²) in [5, 5.41) is 12.1. The van der Waals surface area contributed by atoms with Gasteiger partial charge in [-0.2, -0.15) is 0 Å². The van der Waals surface area contributed by atoms with Crippen LogP contribution < -0.4 is 10.1 Å². The van der Waals surface area contributed by atoms with Gasteiger partial charge in [-0.1, -0.05) is 18.2 Å². The summed E-state index contributed by atoms with van der Waals surface area (Å²) in [5.41, 5.74) is 1.07. The van der Waals surface area contributed by atoms with Gasteiger partial charge in [0.15, 0.2) is 0 Å². The van der Waals surface area contributed by atoms with Gasteiger partial charge in [-0.25, -0.2) is 0 Å². The lowest BCUT2D eigenvalue weighted by Gasteiger charge is -2.30. The molecule has 0 radical (unpaired) electrons. The summed E-state index contributed by atoms with van der Waals surface area (Å²) in [5.74, 6) is -0.242. The lowest BCUT2D eigenvalue weighted by molar-refractivity contribution is -0.142. The van der Waals surface area contributed by atoms with Crippen molar-refractivity contribution >= 4 is 11.9 Å². The van der Waals surface area contributed by atoms with Crippen molar-refractivity contribution in [2.45, 2.75) is 38.1 Å². The van der Waals surface area contributed by atoms with Crippen LogP contribution in [-0.4, -0.2) is 29.6 Å². The van der Waals surface area contributed by atoms with Crippen molar-refractivity contribution in [1.82, 2.24) is 5.32 Å². The molecule has 3 rings (SSSR count). The van der Waals surface area contributed by atoms with Crippen molar-refractivity contribution in [2.75, 3.05) is 6.61 Å². The first kappa shape index (κ1) is 14.9. The molecule has 0 spiro atoms. The molecule has 22 heavy (non-hydrogen) atoms. The SMILES string of the molecule is O=C(O)C1CCC(NC(=O)C2COc3ccccc3C2)CC1. The number of carbonyl (C=O) groups excluding carboxylic acids is 1. The fraction of sp³-hybridized carbons (Fsp3) is 0.529. The van der Waals surface area contributed by atoms with Crippen molar-refractivity contribution in [3.63, 3.8) is 0 Å². The van der Waals surface area contributed by atoms with Crippen molar-refractivity contribution in [3.05, 3.63) is 29.8 Å². The summed E-state index contributed by atoms with van der Waals surface area (Å²) in [6.07, 6.45) is 3.47. The maximum absolute atomic E-state index is 12.4. The number of benzene rings is 1. The summed E-state index contributed by atoms with van der Waals surface area (Å²) in [4.78, 5) is 23.3. The standard InChI is InChI=1S/C17H21NO4/c19-16(18-14-7-5-11(6-8-14)17(20)21)13-9-12-3-1-2-4-15(12)22-10-13/h1-4,11,13-14H,5-10H2,(H,18,19)(H,20,21). The molecule has 5 heteroatoms. The molecule has 1 unspecified atom stereocenters. The molecule has 1 atom stereocenters. The molecule has 1 saturated carbocycles. The second-order valence-electron chi connectivity index (χ2n) is 6.22. The van der Waals surface area contributed by atoms with Crippen molar-refractivity contribution in [3.8, 4) is 5.75 Å². The number of para-hydroxylation sites is 1. The lowest BCUT2D eigenvalue weighted by atomic mass is 9.85. The Hall–Kier alpha value is -2.04. The fourth-order valence-electron chi connectivity index (χ4n) is 3.30. The number of amides is 1. The maximum atomic E-state index is 12.4. The van der Waals surface area contributed by atoms with Gasteiger partial charge in [-0.05, 0) is 43.7 Å². The van der Waals surface area contributed by atoms with E-state index in [2.05, 4.69) is 5.32 Å². The fourth-order valence-corrected chi connectivity index (χ4v) is 3.30. The van der Waals surface area contributed by atoms with E-state index in [1.165, 1.54) is 0 Å². The molecule has 0 aromatic heterocycles. The average molecular weight is 303 g/mol. The Bertz CT molecular complexity index is 564. The highest BCUT2D eigenvalue weighted by molar-refractivity contribution is 5.80. The number of carboxylic acid groups (broad SMARTS) is 1. The Labute approximate surface area is 129 Å². The van der Waals surface area contributed by atoms with Gasteiger partial charge < -0.3 is 15.2 Å². The highest BCUT2D eigenvalue weighted by Crippen LogP contribution is 2.28. The summed E-state index contributed by atoms with van der Waals surface area (Å²) in [7, 11) is 0. The van der Waals surface area contributed by atoms with E-state index >= 15 is 0 Å². The van der Waals surface area contributed by atoms with E-state index in [0.717, 1.165) is 24.2 Å². The van der Waals surface area contributed by atoms with Crippen molar-refractivity contribution in [1.29, 1.82) is 0 Å². The van der Waals surface area contributed by atoms with Crippen LogP contribution >= 0.6 is 0 Å². The zero-order valence-corrected chi connectivity index (χ0v) is 12.5. The molecule has 1 fully saturated rings. The normalized spacial score (nSPS) is 27.4. The van der Waals surface area contributed by atoms with Crippen LogP contribution in [0.2, 0.25) is 0 Å². The predicted molar refractivity (Wildman–Crippen MR) is 80.7 cm³/mol. The Kier molecular flexibility index (Phi) is 4.32. The topological polar surface area (TPSA) is 75.6 Å². The molecule has 5 nitrogen and oxygen atoms in total. The zero-order chi connectivity index (χ0) is 15.5. The third kappa shape index (κ3) is 3.24. The van der Waals surface area contributed by atoms with Gasteiger partial charge in [0, 0.05) is 6.04 Å². The van der Waals surface area contributed by atoms with Crippen LogP contribution in [0.4, 0.5) is 0 Å². The summed E-state index contributed by atoms with van der Waals surface area (Å²) in [6, 6.07) is 7.90. The molecule has 118 valence electrons. The molecule has 2 N–H and O–H groups in total. The van der Waals surface area contributed by atoms with Gasteiger partial charge in [-0.15, -0.1) is 0 Å². The van der Waals surface area contributed by atoms with E-state index in [0.29, 0.717) is 25.9 Å². The Morgan fingerprint density at radius 3 is 2.55 bits per heavy atom. The number of hydrogen-bond donors (Lipinski definition) is 2. The lowest BCUT2D eigenvalue weighted by Crippen LogP contribution is -2.44. The molecular formula is C17H21NO4. The van der Waals surface area contributed by atoms with Crippen LogP contribution in [0.25, 0.3) is 0 Å². The minimum absolute atomic E-state index is 0.0216. The average Bonchev–Trinajstić information content (AvgIpc) is 2.55. The summed E-state index contributed by atoms with van der Waals surface area (Å²) < 4.78 is 5.66. The Morgan fingerprint density at radius 1 is 1.09 bits per heavy atom. The molecule has 1 aliphatic carbocycles. The van der Waals surface area contributed by atoms with Crippen LogP contribution in [0.15, 0.2) is 24.3 Å². The second-order valence-corrected chi connectivity index (χ2v) is 6.22. The number of fused-ring (bicyclic) bond motifs is 1. The van der Waals surface area contributed by atoms with Gasteiger partial charge in [0.25, 0.3) is 0 Å². The van der Waals surface area contributed by atoms with Gasteiger partial charge in [-0.3, -0.25) is 9.59 Å². The molecule has 1 aromatic rings.